The molecule has 17 heavy (non-hydrogen) atoms. The molecule has 1 fully saturated rings. The number of piperidine rings is 1. The molecule has 2 rings (SSSR count). The zero-order chi connectivity index (χ0) is 12.4. The van der Waals surface area contributed by atoms with Gasteiger partial charge in [-0.1, -0.05) is 18.0 Å². The maximum atomic E-state index is 9.40. The summed E-state index contributed by atoms with van der Waals surface area (Å²) in [5.41, 5.74) is 0.827. The van der Waals surface area contributed by atoms with Crippen LogP contribution in [0, 0.1) is 18.3 Å². The number of likely N-dealkylation sites (tertiary alicyclic amines) is 1. The average Bonchev–Trinajstić information content (AvgIpc) is 2.58. The van der Waals surface area contributed by atoms with Crippen LogP contribution in [0.2, 0.25) is 5.15 Å². The molecule has 1 aliphatic heterocycles. The van der Waals surface area contributed by atoms with Gasteiger partial charge in [0.2, 0.25) is 0 Å². The van der Waals surface area contributed by atoms with Gasteiger partial charge >= 0.3 is 0 Å². The molecular formula is C12H17ClN4. The van der Waals surface area contributed by atoms with Gasteiger partial charge in [0.1, 0.15) is 11.9 Å². The number of aryl methyl sites for hydroxylation is 1. The third kappa shape index (κ3) is 2.31. The Balaban J connectivity index is 2.31. The molecule has 0 amide bonds. The van der Waals surface area contributed by atoms with Gasteiger partial charge in [-0.15, -0.1) is 0 Å². The van der Waals surface area contributed by atoms with Gasteiger partial charge in [0.05, 0.1) is 11.8 Å². The Hall–Kier alpha value is -1.05. The number of rotatable bonds is 2. The number of aromatic nitrogens is 2. The van der Waals surface area contributed by atoms with Crippen LogP contribution in [0.15, 0.2) is 0 Å². The second-order valence-corrected chi connectivity index (χ2v) is 4.88. The quantitative estimate of drug-likeness (QED) is 0.812. The van der Waals surface area contributed by atoms with Crippen molar-refractivity contribution in [3.05, 3.63) is 16.7 Å². The van der Waals surface area contributed by atoms with E-state index < -0.39 is 0 Å². The van der Waals surface area contributed by atoms with Crippen molar-refractivity contribution in [3.63, 3.8) is 0 Å². The van der Waals surface area contributed by atoms with Gasteiger partial charge < -0.3 is 4.57 Å². The largest absolute Gasteiger partial charge is 0.332 e. The molecule has 0 aromatic carbocycles. The molecule has 0 bridgehead atoms. The van der Waals surface area contributed by atoms with E-state index in [9.17, 15) is 5.26 Å². The van der Waals surface area contributed by atoms with Crippen molar-refractivity contribution in [1.29, 1.82) is 5.26 Å². The van der Waals surface area contributed by atoms with Gasteiger partial charge in [0.25, 0.3) is 0 Å². The third-order valence-corrected chi connectivity index (χ3v) is 3.73. The van der Waals surface area contributed by atoms with Crippen LogP contribution >= 0.6 is 11.6 Å². The van der Waals surface area contributed by atoms with Gasteiger partial charge in [0.15, 0.2) is 5.15 Å². The van der Waals surface area contributed by atoms with E-state index in [0.29, 0.717) is 5.15 Å². The predicted molar refractivity (Wildman–Crippen MR) is 66.7 cm³/mol. The topological polar surface area (TPSA) is 44.9 Å². The molecule has 1 aromatic heterocycles. The van der Waals surface area contributed by atoms with E-state index in [1.165, 1.54) is 6.42 Å². The lowest BCUT2D eigenvalue weighted by Gasteiger charge is -2.30. The van der Waals surface area contributed by atoms with E-state index in [2.05, 4.69) is 16.0 Å². The van der Waals surface area contributed by atoms with Crippen LogP contribution in [0.5, 0.6) is 0 Å². The van der Waals surface area contributed by atoms with Crippen molar-refractivity contribution in [2.75, 3.05) is 13.1 Å². The summed E-state index contributed by atoms with van der Waals surface area (Å²) < 4.78 is 1.92. The molecule has 0 radical (unpaired) electrons. The molecule has 1 atom stereocenters. The molecule has 0 spiro atoms. The fourth-order valence-corrected chi connectivity index (χ4v) is 2.73. The summed E-state index contributed by atoms with van der Waals surface area (Å²) in [7, 11) is 1.91. The van der Waals surface area contributed by atoms with Crippen molar-refractivity contribution >= 4 is 11.6 Å². The summed E-state index contributed by atoms with van der Waals surface area (Å²) in [5.74, 6) is 0.849. The SMILES string of the molecule is Cc1nc(Cl)c(C(C#N)N2CCCCC2)n1C. The number of hydrogen-bond acceptors (Lipinski definition) is 3. The number of halogens is 1. The lowest BCUT2D eigenvalue weighted by molar-refractivity contribution is 0.191. The highest BCUT2D eigenvalue weighted by molar-refractivity contribution is 6.30. The Morgan fingerprint density at radius 3 is 2.47 bits per heavy atom. The first-order valence-corrected chi connectivity index (χ1v) is 6.35. The van der Waals surface area contributed by atoms with Crippen LogP contribution in [0.3, 0.4) is 0 Å². The standard InChI is InChI=1S/C12H17ClN4/c1-9-15-12(13)11(16(9)2)10(8-14)17-6-4-3-5-7-17/h10H,3-7H2,1-2H3. The van der Waals surface area contributed by atoms with Crippen molar-refractivity contribution in [1.82, 2.24) is 14.5 Å². The monoisotopic (exact) mass is 252 g/mol. The van der Waals surface area contributed by atoms with Crippen LogP contribution in [-0.2, 0) is 7.05 Å². The van der Waals surface area contributed by atoms with Gasteiger partial charge in [-0.25, -0.2) is 4.98 Å². The maximum absolute atomic E-state index is 9.40. The Bertz CT molecular complexity index is 440. The number of hydrogen-bond donors (Lipinski definition) is 0. The number of nitrogens with zero attached hydrogens (tertiary/aromatic N) is 4. The minimum Gasteiger partial charge on any atom is -0.332 e. The van der Waals surface area contributed by atoms with E-state index in [1.807, 2.05) is 18.5 Å². The third-order valence-electron chi connectivity index (χ3n) is 3.46. The molecule has 4 nitrogen and oxygen atoms in total. The normalized spacial score (nSPS) is 18.9. The molecule has 0 N–H and O–H groups in total. The zero-order valence-corrected chi connectivity index (χ0v) is 11.0. The number of imidazole rings is 1. The van der Waals surface area contributed by atoms with Crippen molar-refractivity contribution in [3.8, 4) is 6.07 Å². The number of nitriles is 1. The lowest BCUT2D eigenvalue weighted by Crippen LogP contribution is -2.34. The summed E-state index contributed by atoms with van der Waals surface area (Å²) in [5, 5.41) is 9.86. The van der Waals surface area contributed by atoms with Crippen LogP contribution in [-0.4, -0.2) is 27.5 Å². The molecule has 0 aliphatic carbocycles. The van der Waals surface area contributed by atoms with Gasteiger partial charge in [-0.3, -0.25) is 4.90 Å². The van der Waals surface area contributed by atoms with Gasteiger partial charge in [-0.05, 0) is 32.9 Å². The molecule has 5 heteroatoms. The Morgan fingerprint density at radius 2 is 2.00 bits per heavy atom. The van der Waals surface area contributed by atoms with Crippen LogP contribution in [0.1, 0.15) is 36.8 Å². The molecule has 1 aliphatic rings. The molecule has 92 valence electrons. The highest BCUT2D eigenvalue weighted by Crippen LogP contribution is 2.29. The second-order valence-electron chi connectivity index (χ2n) is 4.52. The Morgan fingerprint density at radius 1 is 1.35 bits per heavy atom. The van der Waals surface area contributed by atoms with Crippen LogP contribution in [0.25, 0.3) is 0 Å². The summed E-state index contributed by atoms with van der Waals surface area (Å²) in [6.45, 7) is 3.84. The van der Waals surface area contributed by atoms with Crippen LogP contribution < -0.4 is 0 Å². The summed E-state index contributed by atoms with van der Waals surface area (Å²) >= 11 is 6.13. The zero-order valence-electron chi connectivity index (χ0n) is 10.3. The Labute approximate surface area is 107 Å². The Kier molecular flexibility index (Phi) is 3.70. The smallest absolute Gasteiger partial charge is 0.153 e. The first kappa shape index (κ1) is 12.4. The molecule has 1 saturated heterocycles. The summed E-state index contributed by atoms with van der Waals surface area (Å²) in [6.07, 6.45) is 3.58. The highest BCUT2D eigenvalue weighted by Gasteiger charge is 2.27. The average molecular weight is 253 g/mol. The van der Waals surface area contributed by atoms with E-state index in [0.717, 1.165) is 37.4 Å². The highest BCUT2D eigenvalue weighted by atomic mass is 35.5. The van der Waals surface area contributed by atoms with E-state index in [4.69, 9.17) is 11.6 Å². The maximum Gasteiger partial charge on any atom is 0.153 e. The fraction of sp³-hybridized carbons (Fsp3) is 0.667. The summed E-state index contributed by atoms with van der Waals surface area (Å²) in [4.78, 5) is 6.43. The van der Waals surface area contributed by atoms with E-state index in [1.54, 1.807) is 0 Å². The first-order valence-electron chi connectivity index (χ1n) is 5.97. The first-order chi connectivity index (χ1) is 8.15. The molecule has 1 aromatic rings. The predicted octanol–water partition coefficient (Wildman–Crippen LogP) is 2.43. The van der Waals surface area contributed by atoms with Gasteiger partial charge in [0, 0.05) is 7.05 Å². The van der Waals surface area contributed by atoms with E-state index in [-0.39, 0.29) is 6.04 Å². The molecular weight excluding hydrogens is 236 g/mol. The van der Waals surface area contributed by atoms with Crippen molar-refractivity contribution < 1.29 is 0 Å². The van der Waals surface area contributed by atoms with Crippen molar-refractivity contribution in [2.45, 2.75) is 32.2 Å². The van der Waals surface area contributed by atoms with Gasteiger partial charge in [-0.2, -0.15) is 5.26 Å². The minimum absolute atomic E-state index is 0.269. The van der Waals surface area contributed by atoms with E-state index >= 15 is 0 Å². The summed E-state index contributed by atoms with van der Waals surface area (Å²) in [6, 6.07) is 2.09. The second kappa shape index (κ2) is 5.07. The molecule has 2 heterocycles. The van der Waals surface area contributed by atoms with Crippen LogP contribution in [0.4, 0.5) is 0 Å². The van der Waals surface area contributed by atoms with Crippen molar-refractivity contribution in [2.24, 2.45) is 7.05 Å². The molecule has 1 unspecified atom stereocenters. The fourth-order valence-electron chi connectivity index (χ4n) is 2.38. The minimum atomic E-state index is -0.269. The molecule has 0 saturated carbocycles. The lowest BCUT2D eigenvalue weighted by atomic mass is 10.1.